The van der Waals surface area contributed by atoms with E-state index in [1.807, 2.05) is 52.0 Å². The molecule has 0 spiro atoms. The maximum Gasteiger partial charge on any atom is 0.490 e. The molecule has 0 unspecified atom stereocenters. The van der Waals surface area contributed by atoms with Gasteiger partial charge in [0, 0.05) is 24.5 Å². The quantitative estimate of drug-likeness (QED) is 0.282. The van der Waals surface area contributed by atoms with E-state index in [9.17, 15) is 31.1 Å². The number of alkyl halides is 6. The van der Waals surface area contributed by atoms with E-state index < -0.39 is 24.3 Å². The summed E-state index contributed by atoms with van der Waals surface area (Å²) < 4.78 is 67.3. The standard InChI is InChI=1S/C22H18N4O.2C2HF3O2/c27-22(24-18-11-16-5-1-2-6-17(16)12-18)20-13-23-9-8-21(20)26-14-19-7-3-4-10-25(19)15-26;2*3-2(4,5)1(6)7/h1-10,13-15,18H,11-12H2;2*(H,6,7). The van der Waals surface area contributed by atoms with Crippen LogP contribution in [0.2, 0.25) is 0 Å². The van der Waals surface area contributed by atoms with E-state index >= 15 is 0 Å². The van der Waals surface area contributed by atoms with Crippen LogP contribution in [0.25, 0.3) is 11.2 Å². The van der Waals surface area contributed by atoms with E-state index in [-0.39, 0.29) is 11.9 Å². The van der Waals surface area contributed by atoms with Crippen LogP contribution in [0.4, 0.5) is 26.3 Å². The fourth-order valence-corrected chi connectivity index (χ4v) is 3.84. The van der Waals surface area contributed by atoms with Crippen LogP contribution in [-0.2, 0) is 22.4 Å². The minimum Gasteiger partial charge on any atom is -0.542 e. The Hall–Kier alpha value is -4.95. The SMILES string of the molecule is O=C(NC1Cc2ccccc2C1)c1cnccc1-[n+]1cc2ccccn2c1.O=C(O)C(F)(F)F.O=C([O-])C(F)(F)F. The van der Waals surface area contributed by atoms with Gasteiger partial charge in [-0.15, -0.1) is 0 Å². The van der Waals surface area contributed by atoms with Crippen molar-refractivity contribution in [2.45, 2.75) is 31.2 Å². The summed E-state index contributed by atoms with van der Waals surface area (Å²) in [4.78, 5) is 34.8. The van der Waals surface area contributed by atoms with Crippen LogP contribution in [0, 0.1) is 0 Å². The highest BCUT2D eigenvalue weighted by Gasteiger charge is 2.38. The van der Waals surface area contributed by atoms with E-state index in [2.05, 4.69) is 34.6 Å². The lowest BCUT2D eigenvalue weighted by molar-refractivity contribution is -0.594. The van der Waals surface area contributed by atoms with Crippen LogP contribution in [0.1, 0.15) is 21.5 Å². The van der Waals surface area contributed by atoms with Crippen molar-refractivity contribution in [1.29, 1.82) is 0 Å². The number of nitrogens with one attached hydrogen (secondary N) is 1. The van der Waals surface area contributed by atoms with Gasteiger partial charge in [-0.2, -0.15) is 26.3 Å². The summed E-state index contributed by atoms with van der Waals surface area (Å²) in [5, 5.41) is 19.1. The first-order valence-electron chi connectivity index (χ1n) is 11.5. The number of hydrogen-bond acceptors (Lipinski definition) is 5. The van der Waals surface area contributed by atoms with E-state index in [1.54, 1.807) is 12.4 Å². The zero-order valence-electron chi connectivity index (χ0n) is 20.7. The van der Waals surface area contributed by atoms with Crippen molar-refractivity contribution in [3.63, 3.8) is 0 Å². The van der Waals surface area contributed by atoms with Gasteiger partial charge >= 0.3 is 18.3 Å². The molecule has 0 saturated carbocycles. The molecule has 216 valence electrons. The molecule has 0 fully saturated rings. The number of hydrogen-bond donors (Lipinski definition) is 2. The Bertz CT molecular complexity index is 1470. The molecule has 5 rings (SSSR count). The highest BCUT2D eigenvalue weighted by Crippen LogP contribution is 2.22. The summed E-state index contributed by atoms with van der Waals surface area (Å²) in [5.41, 5.74) is 5.10. The first-order chi connectivity index (χ1) is 19.2. The Kier molecular flexibility index (Phi) is 9.32. The third kappa shape index (κ3) is 8.27. The summed E-state index contributed by atoms with van der Waals surface area (Å²) in [6.07, 6.45) is 0.795. The van der Waals surface area contributed by atoms with E-state index in [4.69, 9.17) is 19.8 Å². The number of halogens is 6. The van der Waals surface area contributed by atoms with Gasteiger partial charge in [0.15, 0.2) is 5.52 Å². The zero-order chi connectivity index (χ0) is 30.4. The van der Waals surface area contributed by atoms with Crippen molar-refractivity contribution in [2.24, 2.45) is 0 Å². The molecule has 41 heavy (non-hydrogen) atoms. The number of aromatic nitrogens is 3. The zero-order valence-corrected chi connectivity index (χ0v) is 20.7. The van der Waals surface area contributed by atoms with E-state index in [0.717, 1.165) is 24.0 Å². The second-order valence-corrected chi connectivity index (χ2v) is 8.51. The Labute approximate surface area is 227 Å². The number of carboxylic acid groups (broad SMARTS) is 2. The van der Waals surface area contributed by atoms with Crippen molar-refractivity contribution in [1.82, 2.24) is 14.7 Å². The topological polar surface area (TPSA) is 128 Å². The average Bonchev–Trinajstić information content (AvgIpc) is 3.52. The lowest BCUT2D eigenvalue weighted by Gasteiger charge is -2.13. The predicted octanol–water partition coefficient (Wildman–Crippen LogP) is 2.44. The Balaban J connectivity index is 0.000000276. The molecule has 4 aromatic rings. The number of benzene rings is 1. The highest BCUT2D eigenvalue weighted by atomic mass is 19.4. The van der Waals surface area contributed by atoms with Crippen molar-refractivity contribution >= 4 is 23.4 Å². The normalized spacial score (nSPS) is 12.8. The van der Waals surface area contributed by atoms with Gasteiger partial charge in [-0.3, -0.25) is 9.78 Å². The van der Waals surface area contributed by atoms with E-state index in [0.29, 0.717) is 5.56 Å². The average molecular weight is 582 g/mol. The number of nitrogens with zero attached hydrogens (tertiary/aromatic N) is 3. The number of pyridine rings is 2. The molecular weight excluding hydrogens is 562 g/mol. The summed E-state index contributed by atoms with van der Waals surface area (Å²) in [5.74, 6) is -5.85. The molecule has 0 saturated heterocycles. The first-order valence-corrected chi connectivity index (χ1v) is 11.5. The number of carbonyl (C=O) groups is 3. The molecule has 0 radical (unpaired) electrons. The number of carbonyl (C=O) groups excluding carboxylic acids is 2. The van der Waals surface area contributed by atoms with E-state index in [1.165, 1.54) is 11.1 Å². The molecule has 3 heterocycles. The van der Waals surface area contributed by atoms with Crippen LogP contribution in [0.5, 0.6) is 0 Å². The molecule has 1 aliphatic rings. The smallest absolute Gasteiger partial charge is 0.490 e. The fraction of sp³-hybridized carbons (Fsp3) is 0.192. The van der Waals surface area contributed by atoms with Crippen molar-refractivity contribution < 1.29 is 55.5 Å². The second kappa shape index (κ2) is 12.5. The largest absolute Gasteiger partial charge is 0.542 e. The lowest BCUT2D eigenvalue weighted by Crippen LogP contribution is -2.38. The summed E-state index contributed by atoms with van der Waals surface area (Å²) in [6, 6.07) is 16.4. The number of imidazole rings is 1. The van der Waals surface area contributed by atoms with Gasteiger partial charge in [0.2, 0.25) is 0 Å². The molecule has 1 aromatic carbocycles. The molecule has 2 N–H and O–H groups in total. The van der Waals surface area contributed by atoms with Crippen LogP contribution in [0.3, 0.4) is 0 Å². The number of aliphatic carboxylic acids is 2. The van der Waals surface area contributed by atoms with Crippen LogP contribution in [-0.4, -0.2) is 50.7 Å². The number of carboxylic acids is 2. The van der Waals surface area contributed by atoms with Crippen LogP contribution < -0.4 is 15.0 Å². The van der Waals surface area contributed by atoms with Gasteiger partial charge in [0.25, 0.3) is 12.2 Å². The number of fused-ring (bicyclic) bond motifs is 2. The maximum absolute atomic E-state index is 13.0. The first kappa shape index (κ1) is 30.6. The van der Waals surface area contributed by atoms with Gasteiger partial charge in [0.05, 0.1) is 6.20 Å². The minimum absolute atomic E-state index is 0.0846. The third-order valence-corrected chi connectivity index (χ3v) is 5.62. The van der Waals surface area contributed by atoms with Gasteiger partial charge in [-0.25, -0.2) is 13.8 Å². The van der Waals surface area contributed by atoms with Gasteiger partial charge in [-0.1, -0.05) is 30.3 Å². The van der Waals surface area contributed by atoms with Crippen LogP contribution >= 0.6 is 0 Å². The van der Waals surface area contributed by atoms with Crippen molar-refractivity contribution in [2.75, 3.05) is 0 Å². The van der Waals surface area contributed by atoms with Crippen molar-refractivity contribution in [3.8, 4) is 5.69 Å². The Morgan fingerprint density at radius 1 is 0.951 bits per heavy atom. The van der Waals surface area contributed by atoms with Gasteiger partial charge in [-0.05, 0) is 36.1 Å². The summed E-state index contributed by atoms with van der Waals surface area (Å²) >= 11 is 0. The number of amides is 1. The highest BCUT2D eigenvalue weighted by molar-refractivity contribution is 5.97. The molecule has 0 aliphatic heterocycles. The van der Waals surface area contributed by atoms with Gasteiger partial charge in [0.1, 0.15) is 23.4 Å². The molecule has 1 aliphatic carbocycles. The predicted molar refractivity (Wildman–Crippen MR) is 127 cm³/mol. The monoisotopic (exact) mass is 582 g/mol. The fourth-order valence-electron chi connectivity index (χ4n) is 3.84. The minimum atomic E-state index is -5.19. The second-order valence-electron chi connectivity index (χ2n) is 8.51. The maximum atomic E-state index is 13.0. The molecule has 0 atom stereocenters. The Morgan fingerprint density at radius 3 is 2.02 bits per heavy atom. The molecule has 1 amide bonds. The lowest BCUT2D eigenvalue weighted by atomic mass is 10.1. The molecule has 0 bridgehead atoms. The Morgan fingerprint density at radius 2 is 1.51 bits per heavy atom. The molecule has 9 nitrogen and oxygen atoms in total. The summed E-state index contributed by atoms with van der Waals surface area (Å²) in [6.45, 7) is 0. The van der Waals surface area contributed by atoms with Gasteiger partial charge < -0.3 is 20.3 Å². The summed E-state index contributed by atoms with van der Waals surface area (Å²) in [7, 11) is 0. The molecule has 15 heteroatoms. The van der Waals surface area contributed by atoms with Crippen molar-refractivity contribution in [3.05, 3.63) is 96.3 Å². The van der Waals surface area contributed by atoms with Crippen LogP contribution in [0.15, 0.2) is 79.6 Å². The molecular formula is C26H20F6N4O5. The third-order valence-electron chi connectivity index (χ3n) is 5.62. The number of rotatable bonds is 3. The molecule has 3 aromatic heterocycles.